The minimum absolute atomic E-state index is 0.107. The Kier molecular flexibility index (Phi) is 11.2. The summed E-state index contributed by atoms with van der Waals surface area (Å²) in [6, 6.07) is 14.4. The van der Waals surface area contributed by atoms with E-state index < -0.39 is 16.1 Å². The zero-order chi connectivity index (χ0) is 28.4. The van der Waals surface area contributed by atoms with Gasteiger partial charge in [-0.3, -0.25) is 13.9 Å². The molecule has 0 spiro atoms. The highest BCUT2D eigenvalue weighted by molar-refractivity contribution is 7.92. The average molecular weight is 558 g/mol. The smallest absolute Gasteiger partial charge is 0.242 e. The van der Waals surface area contributed by atoms with Crippen molar-refractivity contribution < 1.29 is 22.7 Å². The van der Waals surface area contributed by atoms with Crippen LogP contribution in [0, 0.1) is 6.92 Å². The van der Waals surface area contributed by atoms with Gasteiger partial charge in [0.1, 0.15) is 11.8 Å². The van der Waals surface area contributed by atoms with Crippen LogP contribution >= 0.6 is 0 Å². The first-order valence-corrected chi connectivity index (χ1v) is 15.8. The molecule has 0 bridgehead atoms. The highest BCUT2D eigenvalue weighted by atomic mass is 32.2. The number of aryl methyl sites for hydroxylation is 1. The summed E-state index contributed by atoms with van der Waals surface area (Å²) in [5, 5.41) is 3.15. The van der Waals surface area contributed by atoms with Crippen molar-refractivity contribution in [2.45, 2.75) is 84.3 Å². The van der Waals surface area contributed by atoms with E-state index in [0.29, 0.717) is 31.0 Å². The van der Waals surface area contributed by atoms with Crippen molar-refractivity contribution >= 4 is 27.5 Å². The number of nitrogens with one attached hydrogen (secondary N) is 1. The molecule has 1 N–H and O–H groups in total. The summed E-state index contributed by atoms with van der Waals surface area (Å²) in [7, 11) is -3.61. The summed E-state index contributed by atoms with van der Waals surface area (Å²) in [5.74, 6) is 0.145. The van der Waals surface area contributed by atoms with Gasteiger partial charge in [0.25, 0.3) is 0 Å². The fraction of sp³-hybridized carbons (Fsp3) is 0.533. The molecule has 0 aliphatic heterocycles. The molecule has 214 valence electrons. The second-order valence-corrected chi connectivity index (χ2v) is 12.3. The standard InChI is InChI=1S/C30H43N3O5S/c1-5-38-28-18-10-9-17-27(28)33(39(4,36)37)20-12-19-29(34)32(22-25-14-11-13-23(2)21-25)24(3)30(35)31-26-15-7-6-8-16-26/h9-11,13-14,17-18,21,24,26H,5-8,12,15-16,19-20,22H2,1-4H3,(H,31,35). The number of ether oxygens (including phenoxy) is 1. The summed E-state index contributed by atoms with van der Waals surface area (Å²) >= 11 is 0. The van der Waals surface area contributed by atoms with Crippen molar-refractivity contribution in [1.82, 2.24) is 10.2 Å². The van der Waals surface area contributed by atoms with Crippen molar-refractivity contribution in [3.63, 3.8) is 0 Å². The Hall–Kier alpha value is -3.07. The predicted molar refractivity (Wildman–Crippen MR) is 155 cm³/mol. The molecule has 1 unspecified atom stereocenters. The van der Waals surface area contributed by atoms with Gasteiger partial charge in [0.05, 0.1) is 18.6 Å². The van der Waals surface area contributed by atoms with E-state index in [1.807, 2.05) is 38.1 Å². The number of amides is 2. The molecule has 1 fully saturated rings. The Morgan fingerprint density at radius 1 is 1.08 bits per heavy atom. The monoisotopic (exact) mass is 557 g/mol. The number of sulfonamides is 1. The molecule has 39 heavy (non-hydrogen) atoms. The van der Waals surface area contributed by atoms with Gasteiger partial charge in [-0.25, -0.2) is 8.42 Å². The van der Waals surface area contributed by atoms with Gasteiger partial charge in [-0.15, -0.1) is 0 Å². The summed E-state index contributed by atoms with van der Waals surface area (Å²) in [6.07, 6.45) is 6.90. The first-order valence-electron chi connectivity index (χ1n) is 13.9. The van der Waals surface area contributed by atoms with Crippen LogP contribution in [0.4, 0.5) is 5.69 Å². The van der Waals surface area contributed by atoms with Crippen molar-refractivity contribution in [3.8, 4) is 5.75 Å². The summed E-state index contributed by atoms with van der Waals surface area (Å²) < 4.78 is 32.3. The number of carbonyl (C=O) groups excluding carboxylic acids is 2. The van der Waals surface area contributed by atoms with Crippen LogP contribution in [-0.2, 0) is 26.2 Å². The molecular weight excluding hydrogens is 514 g/mol. The van der Waals surface area contributed by atoms with Crippen LogP contribution in [-0.4, -0.2) is 56.6 Å². The third-order valence-electron chi connectivity index (χ3n) is 7.14. The van der Waals surface area contributed by atoms with Gasteiger partial charge in [-0.2, -0.15) is 0 Å². The summed E-state index contributed by atoms with van der Waals surface area (Å²) in [6.45, 7) is 6.44. The number of anilines is 1. The Balaban J connectivity index is 1.74. The van der Waals surface area contributed by atoms with Gasteiger partial charge in [0.2, 0.25) is 21.8 Å². The topological polar surface area (TPSA) is 96.0 Å². The number of rotatable bonds is 13. The van der Waals surface area contributed by atoms with Crippen molar-refractivity contribution in [2.24, 2.45) is 0 Å². The molecule has 9 heteroatoms. The second kappa shape index (κ2) is 14.4. The fourth-order valence-corrected chi connectivity index (χ4v) is 6.05. The van der Waals surface area contributed by atoms with E-state index >= 15 is 0 Å². The molecule has 1 atom stereocenters. The van der Waals surface area contributed by atoms with Crippen LogP contribution in [0.3, 0.4) is 0 Å². The maximum atomic E-state index is 13.6. The lowest BCUT2D eigenvalue weighted by Crippen LogP contribution is -2.50. The van der Waals surface area contributed by atoms with E-state index in [1.165, 1.54) is 10.7 Å². The molecule has 1 aliphatic rings. The SMILES string of the molecule is CCOc1ccccc1N(CCCC(=O)N(Cc1cccc(C)c1)C(C)C(=O)NC1CCCCC1)S(C)(=O)=O. The molecule has 3 rings (SSSR count). The largest absolute Gasteiger partial charge is 0.492 e. The van der Waals surface area contributed by atoms with Crippen molar-refractivity contribution in [3.05, 3.63) is 59.7 Å². The molecule has 0 heterocycles. The third-order valence-corrected chi connectivity index (χ3v) is 8.32. The van der Waals surface area contributed by atoms with Crippen molar-refractivity contribution in [1.29, 1.82) is 0 Å². The normalized spacial score (nSPS) is 14.9. The second-order valence-electron chi connectivity index (χ2n) is 10.4. The molecule has 0 saturated heterocycles. The minimum Gasteiger partial charge on any atom is -0.492 e. The van der Waals surface area contributed by atoms with E-state index in [4.69, 9.17) is 4.74 Å². The lowest BCUT2D eigenvalue weighted by Gasteiger charge is -2.31. The van der Waals surface area contributed by atoms with Crippen LogP contribution in [0.1, 0.15) is 69.9 Å². The van der Waals surface area contributed by atoms with Gasteiger partial charge in [-0.05, 0) is 57.7 Å². The van der Waals surface area contributed by atoms with Gasteiger partial charge in [-0.1, -0.05) is 61.2 Å². The molecule has 2 aromatic rings. The van der Waals surface area contributed by atoms with Crippen LogP contribution in [0.5, 0.6) is 5.75 Å². The van der Waals surface area contributed by atoms with Gasteiger partial charge in [0, 0.05) is 25.6 Å². The van der Waals surface area contributed by atoms with E-state index in [0.717, 1.165) is 43.1 Å². The Morgan fingerprint density at radius 2 is 1.79 bits per heavy atom. The van der Waals surface area contributed by atoms with Crippen molar-refractivity contribution in [2.75, 3.05) is 23.7 Å². The van der Waals surface area contributed by atoms with E-state index in [1.54, 1.807) is 36.1 Å². The van der Waals surface area contributed by atoms with Crippen LogP contribution in [0.15, 0.2) is 48.5 Å². The van der Waals surface area contributed by atoms with E-state index in [9.17, 15) is 18.0 Å². The molecule has 2 aromatic carbocycles. The zero-order valence-electron chi connectivity index (χ0n) is 23.7. The van der Waals surface area contributed by atoms with Gasteiger partial charge < -0.3 is 15.0 Å². The minimum atomic E-state index is -3.61. The maximum Gasteiger partial charge on any atom is 0.242 e. The van der Waals surface area contributed by atoms with Gasteiger partial charge >= 0.3 is 0 Å². The quantitative estimate of drug-likeness (QED) is 0.382. The number of hydrogen-bond acceptors (Lipinski definition) is 5. The molecule has 2 amide bonds. The molecule has 0 radical (unpaired) electrons. The first kappa shape index (κ1) is 30.5. The summed E-state index contributed by atoms with van der Waals surface area (Å²) in [4.78, 5) is 28.4. The third kappa shape index (κ3) is 8.98. The number of hydrogen-bond donors (Lipinski definition) is 1. The highest BCUT2D eigenvalue weighted by Crippen LogP contribution is 2.30. The lowest BCUT2D eigenvalue weighted by molar-refractivity contribution is -0.141. The van der Waals surface area contributed by atoms with E-state index in [2.05, 4.69) is 5.32 Å². The maximum absolute atomic E-state index is 13.6. The predicted octanol–water partition coefficient (Wildman–Crippen LogP) is 4.81. The number of para-hydroxylation sites is 2. The lowest BCUT2D eigenvalue weighted by atomic mass is 9.95. The summed E-state index contributed by atoms with van der Waals surface area (Å²) in [5.41, 5.74) is 2.48. The Morgan fingerprint density at radius 3 is 2.46 bits per heavy atom. The average Bonchev–Trinajstić information content (AvgIpc) is 2.90. The number of nitrogens with zero attached hydrogens (tertiary/aromatic N) is 2. The Bertz CT molecular complexity index is 1210. The van der Waals surface area contributed by atoms with Crippen LogP contribution in [0.25, 0.3) is 0 Å². The van der Waals surface area contributed by atoms with Crippen LogP contribution in [0.2, 0.25) is 0 Å². The molecule has 0 aromatic heterocycles. The first-order chi connectivity index (χ1) is 18.6. The molecule has 1 aliphatic carbocycles. The fourth-order valence-electron chi connectivity index (χ4n) is 5.08. The zero-order valence-corrected chi connectivity index (χ0v) is 24.5. The number of benzene rings is 2. The molecule has 8 nitrogen and oxygen atoms in total. The molecular formula is C30H43N3O5S. The van der Waals surface area contributed by atoms with Gasteiger partial charge in [0.15, 0.2) is 0 Å². The Labute approximate surface area is 233 Å². The number of carbonyl (C=O) groups is 2. The molecule has 1 saturated carbocycles. The highest BCUT2D eigenvalue weighted by Gasteiger charge is 2.29. The van der Waals surface area contributed by atoms with Crippen LogP contribution < -0.4 is 14.4 Å². The van der Waals surface area contributed by atoms with E-state index in [-0.39, 0.29) is 30.8 Å².